The maximum Gasteiger partial charge on any atom is 0.143 e. The topological polar surface area (TPSA) is 13.1 Å². The van der Waals surface area contributed by atoms with Gasteiger partial charge in [0.05, 0.1) is 24.7 Å². The van der Waals surface area contributed by atoms with Crippen molar-refractivity contribution in [3.63, 3.8) is 0 Å². The monoisotopic (exact) mass is 590 g/mol. The molecular formula is C44H28O. The predicted molar refractivity (Wildman–Crippen MR) is 190 cm³/mol. The number of hydrogen-bond donors (Lipinski definition) is 0. The van der Waals surface area contributed by atoms with E-state index < -0.39 is 109 Å². The first-order valence-electron chi connectivity index (χ1n) is 23.0. The van der Waals surface area contributed by atoms with Crippen LogP contribution in [-0.4, -0.2) is 0 Å². The van der Waals surface area contributed by atoms with Gasteiger partial charge >= 0.3 is 0 Å². The first kappa shape index (κ1) is 13.4. The van der Waals surface area contributed by atoms with Crippen LogP contribution in [0.5, 0.6) is 0 Å². The molecule has 0 aliphatic carbocycles. The quantitative estimate of drug-likeness (QED) is 0.186. The predicted octanol–water partition coefficient (Wildman–Crippen LogP) is 12.6. The van der Waals surface area contributed by atoms with Gasteiger partial charge in [-0.05, 0) is 78.7 Å². The van der Waals surface area contributed by atoms with Gasteiger partial charge in [0.2, 0.25) is 0 Å². The van der Waals surface area contributed by atoms with Crippen molar-refractivity contribution in [2.24, 2.45) is 0 Å². The van der Waals surface area contributed by atoms with Crippen LogP contribution in [-0.2, 0) is 0 Å². The smallest absolute Gasteiger partial charge is 0.143 e. The molecule has 0 aliphatic rings. The molecule has 1 heterocycles. The van der Waals surface area contributed by atoms with E-state index in [1.54, 1.807) is 30.3 Å². The summed E-state index contributed by atoms with van der Waals surface area (Å²) in [6.07, 6.45) is 0. The van der Waals surface area contributed by atoms with Crippen LogP contribution in [0.3, 0.4) is 0 Å². The van der Waals surface area contributed by atoms with Crippen molar-refractivity contribution >= 4 is 43.5 Å². The molecule has 0 unspecified atom stereocenters. The average molecular weight is 591 g/mol. The number of benzene rings is 8. The lowest BCUT2D eigenvalue weighted by atomic mass is 9.84. The van der Waals surface area contributed by atoms with Crippen molar-refractivity contribution in [3.05, 3.63) is 169 Å². The molecule has 0 aliphatic heterocycles. The molecule has 1 aromatic heterocycles. The highest BCUT2D eigenvalue weighted by Gasteiger charge is 2.20. The van der Waals surface area contributed by atoms with Crippen molar-refractivity contribution in [1.82, 2.24) is 0 Å². The van der Waals surface area contributed by atoms with Gasteiger partial charge in [-0.25, -0.2) is 0 Å². The Bertz CT molecular complexity index is 3400. The van der Waals surface area contributed by atoms with Crippen LogP contribution in [0, 0.1) is 0 Å². The van der Waals surface area contributed by atoms with Gasteiger partial charge in [-0.3, -0.25) is 0 Å². The second-order valence-corrected chi connectivity index (χ2v) is 10.3. The van der Waals surface area contributed by atoms with E-state index in [0.29, 0.717) is 16.4 Å². The maximum absolute atomic E-state index is 9.43. The lowest BCUT2D eigenvalue weighted by Crippen LogP contribution is -1.91. The largest absolute Gasteiger partial charge is 0.455 e. The normalized spacial score (nSPS) is 17.2. The van der Waals surface area contributed by atoms with Gasteiger partial charge in [-0.2, -0.15) is 0 Å². The molecular weight excluding hydrogens is 544 g/mol. The summed E-state index contributed by atoms with van der Waals surface area (Å²) in [7, 11) is 0. The van der Waals surface area contributed by atoms with E-state index in [9.17, 15) is 5.48 Å². The summed E-state index contributed by atoms with van der Waals surface area (Å²) in [5, 5.41) is 0.345. The molecule has 45 heavy (non-hydrogen) atoms. The highest BCUT2D eigenvalue weighted by atomic mass is 16.3. The zero-order chi connectivity index (χ0) is 45.4. The molecule has 0 N–H and O–H groups in total. The fraction of sp³-hybridized carbons (Fsp3) is 0. The lowest BCUT2D eigenvalue weighted by molar-refractivity contribution is 0.670. The number of fused-ring (bicyclic) bond motifs is 5. The first-order chi connectivity index (χ1) is 29.8. The molecule has 0 saturated carbocycles. The van der Waals surface area contributed by atoms with Gasteiger partial charge in [0.25, 0.3) is 0 Å². The molecule has 0 spiro atoms. The van der Waals surface area contributed by atoms with Gasteiger partial charge in [0, 0.05) is 16.3 Å². The van der Waals surface area contributed by atoms with Crippen LogP contribution in [0.25, 0.3) is 88.0 Å². The van der Waals surface area contributed by atoms with Crippen LogP contribution >= 0.6 is 0 Å². The molecule has 1 nitrogen and oxygen atoms in total. The SMILES string of the molecule is [2H]c1c([2H])c([2H])c(-c2ccc(-c3c4c([2H])c([2H])c([2H])c([2H])c4c(-c4cc(-c5c([2H])c([2H])c([2H])c([2H])c5[2H])c5oc6ccccc6c5c4)c4c([2H])c([2H])c([2H])c([2H])c34)cc2)c([2H])c1[2H]. The molecule has 9 aromatic rings. The minimum atomic E-state index is -0.655. The highest BCUT2D eigenvalue weighted by molar-refractivity contribution is 6.23. The maximum atomic E-state index is 9.43. The van der Waals surface area contributed by atoms with Crippen molar-refractivity contribution in [3.8, 4) is 44.5 Å². The van der Waals surface area contributed by atoms with Gasteiger partial charge in [0.1, 0.15) is 11.2 Å². The Balaban J connectivity index is 1.49. The van der Waals surface area contributed by atoms with Gasteiger partial charge in [-0.1, -0.05) is 151 Å². The van der Waals surface area contributed by atoms with Crippen molar-refractivity contribution in [1.29, 1.82) is 0 Å². The number of para-hydroxylation sites is 1. The molecule has 0 atom stereocenters. The fourth-order valence-corrected chi connectivity index (χ4v) is 5.94. The summed E-state index contributed by atoms with van der Waals surface area (Å²) >= 11 is 0. The third kappa shape index (κ3) is 4.17. The van der Waals surface area contributed by atoms with E-state index in [2.05, 4.69) is 0 Å². The number of rotatable bonds is 4. The molecule has 210 valence electrons. The second-order valence-electron chi connectivity index (χ2n) is 10.3. The molecule has 0 fully saturated rings. The Morgan fingerprint density at radius 2 is 0.889 bits per heavy atom. The van der Waals surface area contributed by atoms with Crippen LogP contribution in [0.4, 0.5) is 0 Å². The zero-order valence-corrected chi connectivity index (χ0v) is 23.2. The van der Waals surface area contributed by atoms with Gasteiger partial charge in [0.15, 0.2) is 0 Å². The minimum absolute atomic E-state index is 0.00366. The van der Waals surface area contributed by atoms with Crippen LogP contribution < -0.4 is 0 Å². The van der Waals surface area contributed by atoms with Crippen LogP contribution in [0.15, 0.2) is 174 Å². The van der Waals surface area contributed by atoms with E-state index >= 15 is 0 Å². The van der Waals surface area contributed by atoms with Crippen LogP contribution in [0.1, 0.15) is 24.7 Å². The standard InChI is InChI=1S/C44H28O/c1-3-13-29(14-4-1)30-23-25-32(26-24-30)42-35-18-7-9-20-37(35)43(38-21-10-8-19-36(38)42)33-27-39(31-15-5-2-6-16-31)44-40(28-33)34-17-11-12-22-41(34)45-44/h1-28H/i1D,2D,3D,4D,5D,6D,7D,8D,9D,10D,13D,14D,15D,16D,18D,19D,20D,21D. The first-order valence-corrected chi connectivity index (χ1v) is 14.0. The Hall–Kier alpha value is -5.92. The summed E-state index contributed by atoms with van der Waals surface area (Å²) in [4.78, 5) is 0. The van der Waals surface area contributed by atoms with Gasteiger partial charge < -0.3 is 4.42 Å². The van der Waals surface area contributed by atoms with E-state index in [1.165, 1.54) is 30.3 Å². The molecule has 0 saturated heterocycles. The summed E-state index contributed by atoms with van der Waals surface area (Å²) in [6, 6.07) is 5.39. The minimum Gasteiger partial charge on any atom is -0.455 e. The Morgan fingerprint density at radius 3 is 1.51 bits per heavy atom. The lowest BCUT2D eigenvalue weighted by Gasteiger charge is -2.18. The van der Waals surface area contributed by atoms with Crippen molar-refractivity contribution < 1.29 is 29.1 Å². The average Bonchev–Trinajstić information content (AvgIpc) is 3.66. The molecule has 8 aromatic carbocycles. The third-order valence-corrected chi connectivity index (χ3v) is 7.87. The Morgan fingerprint density at radius 1 is 0.378 bits per heavy atom. The molecule has 1 heteroatoms. The summed E-state index contributed by atoms with van der Waals surface area (Å²) in [5.74, 6) is 0. The number of furan rings is 1. The molecule has 9 rings (SSSR count). The van der Waals surface area contributed by atoms with Gasteiger partial charge in [-0.15, -0.1) is 0 Å². The molecule has 0 amide bonds. The van der Waals surface area contributed by atoms with E-state index in [4.69, 9.17) is 23.6 Å². The Labute approximate surface area is 286 Å². The molecule has 0 radical (unpaired) electrons. The summed E-state index contributed by atoms with van der Waals surface area (Å²) in [5.41, 5.74) is 0.666. The zero-order valence-electron chi connectivity index (χ0n) is 41.2. The third-order valence-electron chi connectivity index (χ3n) is 7.87. The summed E-state index contributed by atoms with van der Waals surface area (Å²) in [6.45, 7) is 0. The Kier molecular flexibility index (Phi) is 3.08. The van der Waals surface area contributed by atoms with E-state index in [-0.39, 0.29) is 71.6 Å². The molecule has 0 bridgehead atoms. The highest BCUT2D eigenvalue weighted by Crippen LogP contribution is 2.46. The van der Waals surface area contributed by atoms with Crippen LogP contribution in [0.2, 0.25) is 0 Å². The van der Waals surface area contributed by atoms with E-state index in [0.717, 1.165) is 0 Å². The summed E-state index contributed by atoms with van der Waals surface area (Å²) < 4.78 is 164. The van der Waals surface area contributed by atoms with Crippen molar-refractivity contribution in [2.45, 2.75) is 0 Å². The fourth-order valence-electron chi connectivity index (χ4n) is 5.94. The second kappa shape index (κ2) is 10.4. The van der Waals surface area contributed by atoms with Crippen molar-refractivity contribution in [2.75, 3.05) is 0 Å². The van der Waals surface area contributed by atoms with E-state index in [1.807, 2.05) is 0 Å². The number of hydrogen-bond acceptors (Lipinski definition) is 1.